The van der Waals surface area contributed by atoms with Crippen LogP contribution in [0.15, 0.2) is 24.3 Å². The van der Waals surface area contributed by atoms with E-state index in [0.717, 1.165) is 12.1 Å². The van der Waals surface area contributed by atoms with Gasteiger partial charge in [-0.15, -0.1) is 0 Å². The van der Waals surface area contributed by atoms with Gasteiger partial charge in [0.05, 0.1) is 17.1 Å². The molecule has 4 heteroatoms. The van der Waals surface area contributed by atoms with E-state index < -0.39 is 11.1 Å². The lowest BCUT2D eigenvalue weighted by atomic mass is 9.84. The number of anilines is 1. The summed E-state index contributed by atoms with van der Waals surface area (Å²) in [5.41, 5.74) is 0.641. The topological polar surface area (TPSA) is 61.4 Å². The van der Waals surface area contributed by atoms with Gasteiger partial charge in [0.25, 0.3) is 0 Å². The quantitative estimate of drug-likeness (QED) is 0.790. The molecule has 0 fully saturated rings. The highest BCUT2D eigenvalue weighted by Gasteiger charge is 2.38. The van der Waals surface area contributed by atoms with Crippen molar-refractivity contribution >= 4 is 11.6 Å². The Morgan fingerprint density at radius 1 is 1.30 bits per heavy atom. The highest BCUT2D eigenvalue weighted by Crippen LogP contribution is 2.26. The minimum Gasteiger partial charge on any atom is -0.388 e. The van der Waals surface area contributed by atoms with Crippen molar-refractivity contribution < 1.29 is 9.90 Å². The number of aliphatic hydroxyl groups is 1. The van der Waals surface area contributed by atoms with Gasteiger partial charge in [0.15, 0.2) is 0 Å². The third-order valence-corrected chi connectivity index (χ3v) is 4.36. The Morgan fingerprint density at radius 3 is 2.60 bits per heavy atom. The van der Waals surface area contributed by atoms with Crippen molar-refractivity contribution in [1.82, 2.24) is 5.32 Å². The van der Waals surface area contributed by atoms with Crippen LogP contribution in [0.1, 0.15) is 33.3 Å². The number of nitrogens with one attached hydrogen (secondary N) is 2. The van der Waals surface area contributed by atoms with Crippen molar-refractivity contribution in [2.45, 2.75) is 45.3 Å². The van der Waals surface area contributed by atoms with Crippen molar-refractivity contribution in [3.8, 4) is 0 Å². The molecule has 0 saturated carbocycles. The van der Waals surface area contributed by atoms with Gasteiger partial charge in [0.1, 0.15) is 0 Å². The van der Waals surface area contributed by atoms with Gasteiger partial charge in [0, 0.05) is 12.2 Å². The zero-order valence-electron chi connectivity index (χ0n) is 12.7. The summed E-state index contributed by atoms with van der Waals surface area (Å²) >= 11 is 0. The first-order chi connectivity index (χ1) is 9.21. The van der Waals surface area contributed by atoms with Crippen LogP contribution in [0, 0.1) is 5.92 Å². The van der Waals surface area contributed by atoms with E-state index in [1.165, 1.54) is 5.56 Å². The van der Waals surface area contributed by atoms with Gasteiger partial charge in [-0.3, -0.25) is 4.79 Å². The molecule has 1 aromatic carbocycles. The Morgan fingerprint density at radius 2 is 1.95 bits per heavy atom. The molecule has 0 aliphatic carbocycles. The monoisotopic (exact) mass is 276 g/mol. The molecule has 3 N–H and O–H groups in total. The Kier molecular flexibility index (Phi) is 3.78. The number of hydrogen-bond donors (Lipinski definition) is 3. The summed E-state index contributed by atoms with van der Waals surface area (Å²) in [5, 5.41) is 16.4. The van der Waals surface area contributed by atoms with Gasteiger partial charge < -0.3 is 15.7 Å². The number of fused-ring (bicyclic) bond motifs is 1. The second-order valence-corrected chi connectivity index (χ2v) is 6.61. The summed E-state index contributed by atoms with van der Waals surface area (Å²) in [6.45, 7) is 7.73. The zero-order chi connectivity index (χ0) is 15.0. The van der Waals surface area contributed by atoms with E-state index in [2.05, 4.69) is 10.6 Å². The van der Waals surface area contributed by atoms with Gasteiger partial charge in [-0.2, -0.15) is 0 Å². The van der Waals surface area contributed by atoms with Gasteiger partial charge in [0.2, 0.25) is 5.91 Å². The van der Waals surface area contributed by atoms with Crippen molar-refractivity contribution in [1.29, 1.82) is 0 Å². The maximum Gasteiger partial charge on any atom is 0.225 e. The molecule has 0 bridgehead atoms. The molecule has 1 unspecified atom stereocenters. The molecule has 1 amide bonds. The maximum atomic E-state index is 12.4. The number of hydrogen-bond acceptors (Lipinski definition) is 3. The fourth-order valence-corrected chi connectivity index (χ4v) is 2.19. The number of rotatable bonds is 3. The fraction of sp³-hybridized carbons (Fsp3) is 0.562. The number of carbonyl (C=O) groups is 1. The van der Waals surface area contributed by atoms with Crippen LogP contribution in [0.5, 0.6) is 0 Å². The van der Waals surface area contributed by atoms with Gasteiger partial charge in [-0.05, 0) is 45.7 Å². The van der Waals surface area contributed by atoms with Crippen molar-refractivity contribution in [3.63, 3.8) is 0 Å². The SMILES string of the molecule is CC(C)(O)C(C)(C)NC(=O)C1CNc2ccccc2C1. The number of amides is 1. The fourth-order valence-electron chi connectivity index (χ4n) is 2.19. The lowest BCUT2D eigenvalue weighted by Gasteiger charge is -2.39. The molecular formula is C16H24N2O2. The Hall–Kier alpha value is -1.55. The van der Waals surface area contributed by atoms with Crippen LogP contribution < -0.4 is 10.6 Å². The molecule has 20 heavy (non-hydrogen) atoms. The lowest BCUT2D eigenvalue weighted by Crippen LogP contribution is -2.59. The van der Waals surface area contributed by atoms with E-state index in [1.807, 2.05) is 38.1 Å². The van der Waals surface area contributed by atoms with Crippen LogP contribution in [0.4, 0.5) is 5.69 Å². The molecule has 1 aliphatic rings. The van der Waals surface area contributed by atoms with E-state index in [1.54, 1.807) is 13.8 Å². The average molecular weight is 276 g/mol. The van der Waals surface area contributed by atoms with Crippen LogP contribution in [-0.4, -0.2) is 28.7 Å². The standard InChI is InChI=1S/C16H24N2O2/c1-15(2,16(3,4)20)18-14(19)12-9-11-7-5-6-8-13(11)17-10-12/h5-8,12,17,20H,9-10H2,1-4H3,(H,18,19). The molecular weight excluding hydrogens is 252 g/mol. The number of carbonyl (C=O) groups excluding carboxylic acids is 1. The molecule has 1 aliphatic heterocycles. The van der Waals surface area contributed by atoms with Crippen molar-refractivity contribution in [3.05, 3.63) is 29.8 Å². The summed E-state index contributed by atoms with van der Waals surface area (Å²) < 4.78 is 0. The van der Waals surface area contributed by atoms with Crippen molar-refractivity contribution in [2.75, 3.05) is 11.9 Å². The molecule has 110 valence electrons. The first kappa shape index (κ1) is 14.9. The summed E-state index contributed by atoms with van der Waals surface area (Å²) in [5.74, 6) is -0.120. The summed E-state index contributed by atoms with van der Waals surface area (Å²) in [6.07, 6.45) is 0.733. The molecule has 0 aromatic heterocycles. The predicted molar refractivity (Wildman–Crippen MR) is 80.6 cm³/mol. The van der Waals surface area contributed by atoms with E-state index >= 15 is 0 Å². The summed E-state index contributed by atoms with van der Waals surface area (Å²) in [7, 11) is 0. The minimum absolute atomic E-state index is 0.0147. The van der Waals surface area contributed by atoms with E-state index in [4.69, 9.17) is 0 Å². The molecule has 2 rings (SSSR count). The molecule has 4 nitrogen and oxygen atoms in total. The van der Waals surface area contributed by atoms with E-state index in [-0.39, 0.29) is 11.8 Å². The molecule has 0 radical (unpaired) electrons. The second kappa shape index (κ2) is 5.09. The second-order valence-electron chi connectivity index (χ2n) is 6.61. The molecule has 0 saturated heterocycles. The van der Waals surface area contributed by atoms with E-state index in [9.17, 15) is 9.90 Å². The van der Waals surface area contributed by atoms with Crippen LogP contribution >= 0.6 is 0 Å². The van der Waals surface area contributed by atoms with Gasteiger partial charge in [-0.1, -0.05) is 18.2 Å². The summed E-state index contributed by atoms with van der Waals surface area (Å²) in [4.78, 5) is 12.4. The maximum absolute atomic E-state index is 12.4. The number of benzene rings is 1. The van der Waals surface area contributed by atoms with E-state index in [0.29, 0.717) is 6.54 Å². The zero-order valence-corrected chi connectivity index (χ0v) is 12.7. The number of para-hydroxylation sites is 1. The van der Waals surface area contributed by atoms with Crippen LogP contribution in [-0.2, 0) is 11.2 Å². The molecule has 1 heterocycles. The smallest absolute Gasteiger partial charge is 0.225 e. The normalized spacial score (nSPS) is 18.9. The largest absolute Gasteiger partial charge is 0.388 e. The Labute approximate surface area is 120 Å². The van der Waals surface area contributed by atoms with Crippen LogP contribution in [0.3, 0.4) is 0 Å². The molecule has 0 spiro atoms. The highest BCUT2D eigenvalue weighted by atomic mass is 16.3. The minimum atomic E-state index is -0.970. The van der Waals surface area contributed by atoms with Gasteiger partial charge in [-0.25, -0.2) is 0 Å². The van der Waals surface area contributed by atoms with Gasteiger partial charge >= 0.3 is 0 Å². The summed E-state index contributed by atoms with van der Waals surface area (Å²) in [6, 6.07) is 8.05. The average Bonchev–Trinajstić information content (AvgIpc) is 2.36. The Bertz CT molecular complexity index is 503. The third kappa shape index (κ3) is 2.96. The highest BCUT2D eigenvalue weighted by molar-refractivity contribution is 5.81. The predicted octanol–water partition coefficient (Wildman–Crippen LogP) is 1.94. The molecule has 1 atom stereocenters. The van der Waals surface area contributed by atoms with Crippen molar-refractivity contribution in [2.24, 2.45) is 5.92 Å². The Balaban J connectivity index is 2.06. The third-order valence-electron chi connectivity index (χ3n) is 4.36. The van der Waals surface area contributed by atoms with Crippen LogP contribution in [0.25, 0.3) is 0 Å². The first-order valence-corrected chi connectivity index (χ1v) is 7.07. The molecule has 1 aromatic rings. The first-order valence-electron chi connectivity index (χ1n) is 7.07. The lowest BCUT2D eigenvalue weighted by molar-refractivity contribution is -0.129. The van der Waals surface area contributed by atoms with Crippen LogP contribution in [0.2, 0.25) is 0 Å².